The van der Waals surface area contributed by atoms with Crippen molar-refractivity contribution in [2.24, 2.45) is 7.05 Å². The topological polar surface area (TPSA) is 83.5 Å². The van der Waals surface area contributed by atoms with Crippen LogP contribution in [0.15, 0.2) is 32.3 Å². The summed E-state index contributed by atoms with van der Waals surface area (Å²) in [5.74, 6) is 0.561. The number of nitrogens with one attached hydrogen (secondary N) is 2. The molecule has 0 atom stereocenters. The fourth-order valence-electron chi connectivity index (χ4n) is 2.10. The molecule has 0 spiro atoms. The lowest BCUT2D eigenvalue weighted by atomic mass is 10.1. The van der Waals surface area contributed by atoms with Gasteiger partial charge in [0.25, 0.3) is 5.56 Å². The highest BCUT2D eigenvalue weighted by Crippen LogP contribution is 2.27. The van der Waals surface area contributed by atoms with Crippen LogP contribution in [0.5, 0.6) is 0 Å². The zero-order valence-corrected chi connectivity index (χ0v) is 12.4. The second-order valence-electron chi connectivity index (χ2n) is 4.51. The van der Waals surface area contributed by atoms with Crippen LogP contribution in [0.1, 0.15) is 5.56 Å². The summed E-state index contributed by atoms with van der Waals surface area (Å²) in [7, 11) is 1.57. The van der Waals surface area contributed by atoms with Crippen molar-refractivity contribution in [3.05, 3.63) is 49.1 Å². The molecule has 2 heterocycles. The van der Waals surface area contributed by atoms with E-state index in [1.165, 1.54) is 4.57 Å². The van der Waals surface area contributed by atoms with Crippen LogP contribution in [-0.4, -0.2) is 19.5 Å². The molecule has 0 radical (unpaired) electrons. The number of halogens is 1. The first-order chi connectivity index (χ1) is 9.49. The molecule has 6 nitrogen and oxygen atoms in total. The first-order valence-electron chi connectivity index (χ1n) is 5.93. The van der Waals surface area contributed by atoms with E-state index in [0.717, 1.165) is 15.6 Å². The first-order valence-corrected chi connectivity index (χ1v) is 6.73. The maximum atomic E-state index is 11.8. The lowest BCUT2D eigenvalue weighted by molar-refractivity contribution is 0.832. The van der Waals surface area contributed by atoms with Crippen molar-refractivity contribution in [2.45, 2.75) is 6.92 Å². The molecule has 20 heavy (non-hydrogen) atoms. The van der Waals surface area contributed by atoms with Gasteiger partial charge in [0.1, 0.15) is 11.3 Å². The zero-order valence-electron chi connectivity index (χ0n) is 10.8. The number of hydrogen-bond donors (Lipinski definition) is 2. The summed E-state index contributed by atoms with van der Waals surface area (Å²) >= 11 is 3.46. The zero-order chi connectivity index (χ0) is 14.4. The van der Waals surface area contributed by atoms with E-state index < -0.39 is 11.2 Å². The summed E-state index contributed by atoms with van der Waals surface area (Å²) in [6.45, 7) is 1.95. The van der Waals surface area contributed by atoms with Crippen LogP contribution in [0.2, 0.25) is 0 Å². The van der Waals surface area contributed by atoms with Crippen molar-refractivity contribution in [3.8, 4) is 11.4 Å². The summed E-state index contributed by atoms with van der Waals surface area (Å²) in [4.78, 5) is 33.0. The van der Waals surface area contributed by atoms with Gasteiger partial charge in [-0.05, 0) is 18.6 Å². The largest absolute Gasteiger partial charge is 0.332 e. The van der Waals surface area contributed by atoms with Gasteiger partial charge >= 0.3 is 5.69 Å². The summed E-state index contributed by atoms with van der Waals surface area (Å²) in [5.41, 5.74) is 1.58. The van der Waals surface area contributed by atoms with Crippen molar-refractivity contribution in [1.29, 1.82) is 0 Å². The molecule has 0 bridgehead atoms. The van der Waals surface area contributed by atoms with Crippen molar-refractivity contribution < 1.29 is 0 Å². The highest BCUT2D eigenvalue weighted by atomic mass is 79.9. The number of aromatic amines is 2. The molecule has 0 saturated carbocycles. The minimum Gasteiger partial charge on any atom is -0.332 e. The van der Waals surface area contributed by atoms with Gasteiger partial charge in [-0.3, -0.25) is 14.3 Å². The standard InChI is InChI=1S/C13H11BrN4O2/c1-6-7(4-3-5-8(6)14)10-15-9-11(16-10)18(2)13(20)17-12(9)19/h3-5H,1-2H3,(H,15,16)(H,17,19,20). The van der Waals surface area contributed by atoms with Gasteiger partial charge in [0, 0.05) is 17.1 Å². The molecule has 0 saturated heterocycles. The number of aromatic nitrogens is 4. The van der Waals surface area contributed by atoms with Crippen LogP contribution >= 0.6 is 15.9 Å². The highest BCUT2D eigenvalue weighted by Gasteiger charge is 2.13. The van der Waals surface area contributed by atoms with Crippen molar-refractivity contribution in [1.82, 2.24) is 19.5 Å². The van der Waals surface area contributed by atoms with Gasteiger partial charge in [-0.1, -0.05) is 28.1 Å². The number of benzene rings is 1. The fourth-order valence-corrected chi connectivity index (χ4v) is 2.46. The second-order valence-corrected chi connectivity index (χ2v) is 5.37. The predicted octanol–water partition coefficient (Wildman–Crippen LogP) is 1.69. The molecule has 0 aliphatic rings. The Morgan fingerprint density at radius 1 is 1.25 bits per heavy atom. The van der Waals surface area contributed by atoms with E-state index in [1.807, 2.05) is 25.1 Å². The number of imidazole rings is 1. The number of aryl methyl sites for hydroxylation is 1. The third kappa shape index (κ3) is 1.82. The lowest BCUT2D eigenvalue weighted by Crippen LogP contribution is -2.28. The monoisotopic (exact) mass is 334 g/mol. The second kappa shape index (κ2) is 4.45. The molecular formula is C13H11BrN4O2. The van der Waals surface area contributed by atoms with Crippen molar-refractivity contribution in [2.75, 3.05) is 0 Å². The van der Waals surface area contributed by atoms with Crippen LogP contribution in [-0.2, 0) is 7.05 Å². The highest BCUT2D eigenvalue weighted by molar-refractivity contribution is 9.10. The Hall–Kier alpha value is -2.15. The molecule has 3 aromatic rings. The Bertz CT molecular complexity index is 936. The molecule has 2 N–H and O–H groups in total. The van der Waals surface area contributed by atoms with Crippen LogP contribution in [0.4, 0.5) is 0 Å². The number of nitrogens with zero attached hydrogens (tertiary/aromatic N) is 2. The Morgan fingerprint density at radius 2 is 2.00 bits per heavy atom. The molecule has 2 aromatic heterocycles. The van der Waals surface area contributed by atoms with Gasteiger partial charge < -0.3 is 4.98 Å². The third-order valence-electron chi connectivity index (χ3n) is 3.28. The molecule has 3 rings (SSSR count). The molecule has 0 aliphatic heterocycles. The van der Waals surface area contributed by atoms with E-state index >= 15 is 0 Å². The lowest BCUT2D eigenvalue weighted by Gasteiger charge is -2.03. The Morgan fingerprint density at radius 3 is 2.75 bits per heavy atom. The van der Waals surface area contributed by atoms with Gasteiger partial charge in [-0.15, -0.1) is 0 Å². The molecule has 102 valence electrons. The Balaban J connectivity index is 2.37. The number of fused-ring (bicyclic) bond motifs is 1. The van der Waals surface area contributed by atoms with Crippen molar-refractivity contribution >= 4 is 27.1 Å². The van der Waals surface area contributed by atoms with E-state index in [2.05, 4.69) is 30.9 Å². The summed E-state index contributed by atoms with van der Waals surface area (Å²) < 4.78 is 2.27. The Labute approximate surface area is 121 Å². The van der Waals surface area contributed by atoms with Crippen LogP contribution in [0, 0.1) is 6.92 Å². The summed E-state index contributed by atoms with van der Waals surface area (Å²) in [5, 5.41) is 0. The van der Waals surface area contributed by atoms with E-state index in [-0.39, 0.29) is 0 Å². The molecular weight excluding hydrogens is 324 g/mol. The SMILES string of the molecule is Cc1c(Br)cccc1-c1nc2c([nH]1)c(=O)[nH]c(=O)n2C. The van der Waals surface area contributed by atoms with Gasteiger partial charge in [0.2, 0.25) is 0 Å². The van der Waals surface area contributed by atoms with Gasteiger partial charge in [0.15, 0.2) is 5.65 Å². The van der Waals surface area contributed by atoms with E-state index in [4.69, 9.17) is 0 Å². The maximum absolute atomic E-state index is 11.8. The number of hydrogen-bond acceptors (Lipinski definition) is 3. The molecule has 0 aliphatic carbocycles. The fraction of sp³-hybridized carbons (Fsp3) is 0.154. The average Bonchev–Trinajstić information content (AvgIpc) is 2.85. The predicted molar refractivity (Wildman–Crippen MR) is 79.8 cm³/mol. The van der Waals surface area contributed by atoms with Crippen LogP contribution < -0.4 is 11.2 Å². The number of rotatable bonds is 1. The van der Waals surface area contributed by atoms with Crippen LogP contribution in [0.3, 0.4) is 0 Å². The average molecular weight is 335 g/mol. The maximum Gasteiger partial charge on any atom is 0.329 e. The van der Waals surface area contributed by atoms with E-state index in [0.29, 0.717) is 17.0 Å². The van der Waals surface area contributed by atoms with E-state index in [1.54, 1.807) is 7.05 Å². The normalized spacial score (nSPS) is 11.2. The van der Waals surface area contributed by atoms with E-state index in [9.17, 15) is 9.59 Å². The van der Waals surface area contributed by atoms with Gasteiger partial charge in [-0.2, -0.15) is 0 Å². The molecule has 7 heteroatoms. The molecule has 0 amide bonds. The minimum absolute atomic E-state index is 0.293. The minimum atomic E-state index is -0.480. The smallest absolute Gasteiger partial charge is 0.329 e. The molecule has 1 aromatic carbocycles. The summed E-state index contributed by atoms with van der Waals surface area (Å²) in [6.07, 6.45) is 0. The van der Waals surface area contributed by atoms with Crippen LogP contribution in [0.25, 0.3) is 22.6 Å². The Kier molecular flexibility index (Phi) is 2.86. The number of H-pyrrole nitrogens is 2. The molecule has 0 fully saturated rings. The molecule has 0 unspecified atom stereocenters. The first kappa shape index (κ1) is 12.9. The van der Waals surface area contributed by atoms with Crippen molar-refractivity contribution in [3.63, 3.8) is 0 Å². The summed E-state index contributed by atoms with van der Waals surface area (Å²) in [6, 6.07) is 5.73. The quantitative estimate of drug-likeness (QED) is 0.710. The van der Waals surface area contributed by atoms with Gasteiger partial charge in [-0.25, -0.2) is 9.78 Å². The van der Waals surface area contributed by atoms with Gasteiger partial charge in [0.05, 0.1) is 0 Å². The third-order valence-corrected chi connectivity index (χ3v) is 4.14.